The summed E-state index contributed by atoms with van der Waals surface area (Å²) in [5.74, 6) is 0.346. The van der Waals surface area contributed by atoms with Gasteiger partial charge in [-0.25, -0.2) is 4.79 Å². The second kappa shape index (κ2) is 7.77. The summed E-state index contributed by atoms with van der Waals surface area (Å²) in [6.07, 6.45) is 0. The van der Waals surface area contributed by atoms with E-state index in [9.17, 15) is 14.4 Å². The maximum absolute atomic E-state index is 13.3. The number of hydrogen-bond donors (Lipinski definition) is 1. The molecule has 0 saturated carbocycles. The molecule has 0 radical (unpaired) electrons. The Morgan fingerprint density at radius 1 is 1.15 bits per heavy atom. The van der Waals surface area contributed by atoms with Crippen LogP contribution >= 0.6 is 11.3 Å². The third-order valence-corrected chi connectivity index (χ3v) is 7.16. The van der Waals surface area contributed by atoms with Crippen LogP contribution in [0.15, 0.2) is 41.8 Å². The third-order valence-electron chi connectivity index (χ3n) is 6.29. The van der Waals surface area contributed by atoms with Crippen LogP contribution in [0.1, 0.15) is 39.1 Å². The Morgan fingerprint density at radius 3 is 2.70 bits per heavy atom. The lowest BCUT2D eigenvalue weighted by molar-refractivity contribution is -0.130. The summed E-state index contributed by atoms with van der Waals surface area (Å²) in [6.45, 7) is 5.92. The van der Waals surface area contributed by atoms with Gasteiger partial charge >= 0.3 is 6.03 Å². The molecule has 3 aromatic rings. The molecule has 2 aliphatic heterocycles. The number of carbonyl (C=O) groups excluding carboxylic acids is 3. The smallest absolute Gasteiger partial charge is 0.325 e. The van der Waals surface area contributed by atoms with Crippen molar-refractivity contribution in [3.8, 4) is 11.5 Å². The van der Waals surface area contributed by atoms with E-state index in [1.807, 2.05) is 31.4 Å². The number of amides is 3. The zero-order valence-corrected chi connectivity index (χ0v) is 19.3. The molecule has 170 valence electrons. The van der Waals surface area contributed by atoms with Gasteiger partial charge in [0.15, 0.2) is 17.3 Å². The lowest BCUT2D eigenvalue weighted by Gasteiger charge is -2.22. The molecule has 8 nitrogen and oxygen atoms in total. The second-order valence-corrected chi connectivity index (χ2v) is 9.42. The number of nitrogens with one attached hydrogen (secondary N) is 1. The van der Waals surface area contributed by atoms with E-state index in [0.717, 1.165) is 16.3 Å². The summed E-state index contributed by atoms with van der Waals surface area (Å²) >= 11 is 1.66. The fourth-order valence-electron chi connectivity index (χ4n) is 4.36. The van der Waals surface area contributed by atoms with E-state index >= 15 is 0 Å². The number of rotatable bonds is 6. The monoisotopic (exact) mass is 465 g/mol. The zero-order chi connectivity index (χ0) is 23.3. The van der Waals surface area contributed by atoms with Crippen LogP contribution in [0.2, 0.25) is 0 Å². The lowest BCUT2D eigenvalue weighted by Crippen LogP contribution is -2.41. The second-order valence-electron chi connectivity index (χ2n) is 8.39. The fraction of sp³-hybridized carbons (Fsp3) is 0.292. The van der Waals surface area contributed by atoms with Crippen LogP contribution in [0.3, 0.4) is 0 Å². The number of benzene rings is 1. The number of ketones is 1. The van der Waals surface area contributed by atoms with E-state index in [1.165, 1.54) is 4.88 Å². The topological polar surface area (TPSA) is 89.9 Å². The van der Waals surface area contributed by atoms with Crippen LogP contribution in [-0.4, -0.2) is 40.5 Å². The third kappa shape index (κ3) is 3.48. The zero-order valence-electron chi connectivity index (χ0n) is 18.5. The molecule has 1 fully saturated rings. The van der Waals surface area contributed by atoms with Gasteiger partial charge in [-0.2, -0.15) is 0 Å². The largest absolute Gasteiger partial charge is 0.454 e. The van der Waals surface area contributed by atoms with E-state index in [-0.39, 0.29) is 19.1 Å². The summed E-state index contributed by atoms with van der Waals surface area (Å²) < 4.78 is 12.8. The molecule has 3 amide bonds. The standard InChI is InChI=1S/C24H23N3O5S/c1-14-9-18(15(2)26(14)11-17-5-4-8-33-17)19(28)12-27-22(29)24(3,25-23(27)30)16-6-7-20-21(10-16)32-13-31-20/h4-10H,11-13H2,1-3H3,(H,25,30). The molecule has 0 spiro atoms. The number of carbonyl (C=O) groups is 3. The predicted molar refractivity (Wildman–Crippen MR) is 122 cm³/mol. The maximum atomic E-state index is 13.3. The first-order valence-electron chi connectivity index (χ1n) is 10.5. The molecule has 2 aliphatic rings. The molecule has 1 N–H and O–H groups in total. The minimum absolute atomic E-state index is 0.112. The number of aryl methyl sites for hydroxylation is 1. The Balaban J connectivity index is 1.37. The van der Waals surface area contributed by atoms with E-state index in [2.05, 4.69) is 16.0 Å². The molecular formula is C24H23N3O5S. The number of nitrogens with zero attached hydrogens (tertiary/aromatic N) is 2. The highest BCUT2D eigenvalue weighted by molar-refractivity contribution is 7.09. The molecule has 0 bridgehead atoms. The average Bonchev–Trinajstić information content (AvgIpc) is 3.56. The Kier molecular flexibility index (Phi) is 5.01. The van der Waals surface area contributed by atoms with Crippen LogP contribution in [-0.2, 0) is 16.9 Å². The number of ether oxygens (including phenoxy) is 2. The Morgan fingerprint density at radius 2 is 1.94 bits per heavy atom. The van der Waals surface area contributed by atoms with Crippen LogP contribution in [0, 0.1) is 13.8 Å². The van der Waals surface area contributed by atoms with Gasteiger partial charge in [-0.15, -0.1) is 11.3 Å². The Labute approximate surface area is 194 Å². The quantitative estimate of drug-likeness (QED) is 0.444. The highest BCUT2D eigenvalue weighted by Gasteiger charge is 2.50. The normalized spacial score (nSPS) is 19.3. The minimum atomic E-state index is -1.30. The van der Waals surface area contributed by atoms with Gasteiger partial charge in [-0.1, -0.05) is 12.1 Å². The molecule has 1 atom stereocenters. The number of aromatic nitrogens is 1. The minimum Gasteiger partial charge on any atom is -0.454 e. The number of hydrogen-bond acceptors (Lipinski definition) is 6. The van der Waals surface area contributed by atoms with Crippen molar-refractivity contribution < 1.29 is 23.9 Å². The Bertz CT molecular complexity index is 1280. The molecular weight excluding hydrogens is 442 g/mol. The molecule has 2 aromatic heterocycles. The van der Waals surface area contributed by atoms with E-state index < -0.39 is 17.5 Å². The van der Waals surface area contributed by atoms with Gasteiger partial charge in [0.25, 0.3) is 5.91 Å². The summed E-state index contributed by atoms with van der Waals surface area (Å²) in [5.41, 5.74) is 1.55. The van der Waals surface area contributed by atoms with Crippen LogP contribution in [0.25, 0.3) is 0 Å². The van der Waals surface area contributed by atoms with Gasteiger partial charge in [0.05, 0.1) is 13.1 Å². The van der Waals surface area contributed by atoms with Crippen LogP contribution in [0.5, 0.6) is 11.5 Å². The molecule has 33 heavy (non-hydrogen) atoms. The summed E-state index contributed by atoms with van der Waals surface area (Å²) in [7, 11) is 0. The van der Waals surface area contributed by atoms with Crippen molar-refractivity contribution in [2.24, 2.45) is 0 Å². The highest BCUT2D eigenvalue weighted by Crippen LogP contribution is 2.38. The molecule has 1 saturated heterocycles. The first kappa shape index (κ1) is 21.3. The highest BCUT2D eigenvalue weighted by atomic mass is 32.1. The molecule has 1 aromatic carbocycles. The molecule has 4 heterocycles. The fourth-order valence-corrected chi connectivity index (χ4v) is 5.05. The number of fused-ring (bicyclic) bond motifs is 1. The van der Waals surface area contributed by atoms with Crippen LogP contribution < -0.4 is 14.8 Å². The van der Waals surface area contributed by atoms with Crippen LogP contribution in [0.4, 0.5) is 4.79 Å². The van der Waals surface area contributed by atoms with Crippen molar-refractivity contribution in [3.63, 3.8) is 0 Å². The Hall–Kier alpha value is -3.59. The van der Waals surface area contributed by atoms with Gasteiger partial charge in [-0.3, -0.25) is 14.5 Å². The SMILES string of the molecule is Cc1cc(C(=O)CN2C(=O)NC(C)(c3ccc4c(c3)OCO4)C2=O)c(C)n1Cc1cccs1. The van der Waals surface area contributed by atoms with Crippen molar-refractivity contribution in [2.75, 3.05) is 13.3 Å². The van der Waals surface area contributed by atoms with Gasteiger partial charge in [0.1, 0.15) is 5.54 Å². The first-order chi connectivity index (χ1) is 15.8. The van der Waals surface area contributed by atoms with Crippen molar-refractivity contribution in [2.45, 2.75) is 32.9 Å². The van der Waals surface area contributed by atoms with Gasteiger partial charge in [-0.05, 0) is 56.0 Å². The van der Waals surface area contributed by atoms with E-state index in [1.54, 1.807) is 36.5 Å². The predicted octanol–water partition coefficient (Wildman–Crippen LogP) is 3.59. The van der Waals surface area contributed by atoms with Crippen molar-refractivity contribution in [1.29, 1.82) is 0 Å². The molecule has 5 rings (SSSR count). The van der Waals surface area contributed by atoms with Crippen molar-refractivity contribution in [1.82, 2.24) is 14.8 Å². The van der Waals surface area contributed by atoms with Gasteiger partial charge in [0, 0.05) is 21.8 Å². The summed E-state index contributed by atoms with van der Waals surface area (Å²) in [4.78, 5) is 41.3. The van der Waals surface area contributed by atoms with E-state index in [0.29, 0.717) is 29.2 Å². The lowest BCUT2D eigenvalue weighted by atomic mass is 9.91. The average molecular weight is 466 g/mol. The number of thiophene rings is 1. The van der Waals surface area contributed by atoms with E-state index in [4.69, 9.17) is 9.47 Å². The molecule has 9 heteroatoms. The summed E-state index contributed by atoms with van der Waals surface area (Å²) in [6, 6.07) is 10.4. The number of imide groups is 1. The van der Waals surface area contributed by atoms with Crippen molar-refractivity contribution >= 4 is 29.1 Å². The molecule has 1 unspecified atom stereocenters. The number of urea groups is 1. The van der Waals surface area contributed by atoms with Gasteiger partial charge < -0.3 is 19.4 Å². The number of Topliss-reactive ketones (excluding diaryl/α,β-unsaturated/α-hetero) is 1. The molecule has 0 aliphatic carbocycles. The van der Waals surface area contributed by atoms with Gasteiger partial charge in [0.2, 0.25) is 6.79 Å². The summed E-state index contributed by atoms with van der Waals surface area (Å²) in [5, 5.41) is 4.76. The maximum Gasteiger partial charge on any atom is 0.325 e. The first-order valence-corrected chi connectivity index (χ1v) is 11.4. The van der Waals surface area contributed by atoms with Crippen molar-refractivity contribution in [3.05, 3.63) is 69.2 Å².